The van der Waals surface area contributed by atoms with E-state index >= 15 is 0 Å². The second-order valence-corrected chi connectivity index (χ2v) is 6.18. The molecule has 0 atom stereocenters. The number of nitrogens with zero attached hydrogens (tertiary/aromatic N) is 1. The van der Waals surface area contributed by atoms with Gasteiger partial charge in [0.05, 0.1) is 32.6 Å². The molecular formula is C23H30N2O5. The normalized spacial score (nSPS) is 11.0. The molecule has 162 valence electrons. The van der Waals surface area contributed by atoms with Gasteiger partial charge in [-0.15, -0.1) is 0 Å². The lowest BCUT2D eigenvalue weighted by Crippen LogP contribution is -2.20. The lowest BCUT2D eigenvalue weighted by molar-refractivity contribution is 0.0953. The Morgan fingerprint density at radius 1 is 0.867 bits per heavy atom. The molecule has 0 aromatic heterocycles. The van der Waals surface area contributed by atoms with E-state index in [2.05, 4.69) is 10.5 Å². The fourth-order valence-corrected chi connectivity index (χ4v) is 2.83. The van der Waals surface area contributed by atoms with E-state index < -0.39 is 0 Å². The Kier molecular flexibility index (Phi) is 9.00. The highest BCUT2D eigenvalue weighted by molar-refractivity contribution is 6.02. The van der Waals surface area contributed by atoms with Crippen LogP contribution >= 0.6 is 0 Å². The van der Waals surface area contributed by atoms with Crippen molar-refractivity contribution in [1.82, 2.24) is 5.43 Å². The van der Waals surface area contributed by atoms with Gasteiger partial charge in [0.15, 0.2) is 11.5 Å². The predicted octanol–water partition coefficient (Wildman–Crippen LogP) is 4.44. The van der Waals surface area contributed by atoms with Crippen LogP contribution in [0.25, 0.3) is 0 Å². The quantitative estimate of drug-likeness (QED) is 0.435. The first-order chi connectivity index (χ1) is 14.6. The van der Waals surface area contributed by atoms with Crippen LogP contribution in [0, 0.1) is 0 Å². The van der Waals surface area contributed by atoms with Gasteiger partial charge in [-0.2, -0.15) is 5.10 Å². The summed E-state index contributed by atoms with van der Waals surface area (Å²) in [5.41, 5.74) is 4.68. The topological polar surface area (TPSA) is 78.4 Å². The van der Waals surface area contributed by atoms with Crippen LogP contribution in [-0.2, 0) is 0 Å². The molecule has 2 aromatic carbocycles. The zero-order chi connectivity index (χ0) is 21.9. The van der Waals surface area contributed by atoms with Crippen LogP contribution in [0.1, 0.15) is 50.0 Å². The molecule has 30 heavy (non-hydrogen) atoms. The van der Waals surface area contributed by atoms with Crippen molar-refractivity contribution >= 4 is 11.6 Å². The summed E-state index contributed by atoms with van der Waals surface area (Å²) in [5.74, 6) is 1.82. The molecule has 0 bridgehead atoms. The summed E-state index contributed by atoms with van der Waals surface area (Å²) >= 11 is 0. The first-order valence-corrected chi connectivity index (χ1v) is 10.2. The molecule has 0 spiro atoms. The smallest absolute Gasteiger partial charge is 0.271 e. The van der Waals surface area contributed by atoms with Gasteiger partial charge in [0.25, 0.3) is 5.91 Å². The molecule has 0 fully saturated rings. The summed E-state index contributed by atoms with van der Waals surface area (Å²) in [6.07, 6.45) is 0.657. The zero-order valence-corrected chi connectivity index (χ0v) is 18.3. The monoisotopic (exact) mass is 414 g/mol. The molecule has 7 heteroatoms. The second-order valence-electron chi connectivity index (χ2n) is 6.18. The van der Waals surface area contributed by atoms with Crippen molar-refractivity contribution in [3.8, 4) is 23.0 Å². The van der Waals surface area contributed by atoms with Crippen molar-refractivity contribution in [2.75, 3.05) is 26.9 Å². The molecule has 0 aliphatic carbocycles. The Hall–Kier alpha value is -3.22. The summed E-state index contributed by atoms with van der Waals surface area (Å²) in [5, 5.41) is 4.32. The number of benzene rings is 2. The number of methoxy groups -OCH3 is 1. The summed E-state index contributed by atoms with van der Waals surface area (Å²) < 4.78 is 22.2. The third-order valence-electron chi connectivity index (χ3n) is 4.22. The molecule has 2 rings (SSSR count). The van der Waals surface area contributed by atoms with E-state index in [1.807, 2.05) is 52.0 Å². The Bertz CT molecular complexity index is 835. The number of hydrogen-bond donors (Lipinski definition) is 1. The third-order valence-corrected chi connectivity index (χ3v) is 4.22. The molecule has 0 unspecified atom stereocenters. The van der Waals surface area contributed by atoms with Gasteiger partial charge in [-0.1, -0.05) is 6.92 Å². The van der Waals surface area contributed by atoms with Gasteiger partial charge in [-0.3, -0.25) is 4.79 Å². The number of nitrogens with one attached hydrogen (secondary N) is 1. The summed E-state index contributed by atoms with van der Waals surface area (Å²) in [6.45, 7) is 8.93. The zero-order valence-electron chi connectivity index (χ0n) is 18.3. The van der Waals surface area contributed by atoms with E-state index in [1.165, 1.54) is 0 Å². The molecule has 1 amide bonds. The minimum atomic E-state index is -0.362. The van der Waals surface area contributed by atoms with Gasteiger partial charge in [0, 0.05) is 5.56 Å². The van der Waals surface area contributed by atoms with Gasteiger partial charge in [0.2, 0.25) is 5.75 Å². The van der Waals surface area contributed by atoms with Gasteiger partial charge in [-0.25, -0.2) is 5.43 Å². The average Bonchev–Trinajstić information content (AvgIpc) is 2.76. The number of rotatable bonds is 11. The highest BCUT2D eigenvalue weighted by Crippen LogP contribution is 2.39. The maximum atomic E-state index is 12.8. The van der Waals surface area contributed by atoms with E-state index in [0.717, 1.165) is 17.0 Å². The lowest BCUT2D eigenvalue weighted by atomic mass is 10.1. The minimum absolute atomic E-state index is 0.362. The van der Waals surface area contributed by atoms with E-state index in [9.17, 15) is 4.79 Å². The third kappa shape index (κ3) is 5.89. The van der Waals surface area contributed by atoms with Gasteiger partial charge in [0.1, 0.15) is 5.75 Å². The Labute approximate surface area is 178 Å². The number of carbonyl (C=O) groups excluding carboxylic acids is 1. The first-order valence-electron chi connectivity index (χ1n) is 10.2. The van der Waals surface area contributed by atoms with Crippen LogP contribution in [0.15, 0.2) is 41.5 Å². The molecule has 7 nitrogen and oxygen atoms in total. The minimum Gasteiger partial charge on any atom is -0.497 e. The van der Waals surface area contributed by atoms with Crippen LogP contribution < -0.4 is 24.4 Å². The SMILES string of the molecule is CCOc1cc(C(=O)N/N=C(\CC)c2ccc(OC)cc2)cc(OCC)c1OCC. The van der Waals surface area contributed by atoms with Crippen molar-refractivity contribution in [2.24, 2.45) is 5.10 Å². The van der Waals surface area contributed by atoms with Gasteiger partial charge in [-0.05, 0) is 69.2 Å². The lowest BCUT2D eigenvalue weighted by Gasteiger charge is -2.16. The predicted molar refractivity (Wildman–Crippen MR) is 117 cm³/mol. The Balaban J connectivity index is 2.30. The fourth-order valence-electron chi connectivity index (χ4n) is 2.83. The molecule has 0 aliphatic rings. The number of hydrazone groups is 1. The summed E-state index contributed by atoms with van der Waals surface area (Å²) in [6, 6.07) is 10.8. The van der Waals surface area contributed by atoms with Gasteiger partial charge >= 0.3 is 0 Å². The molecule has 0 saturated carbocycles. The highest BCUT2D eigenvalue weighted by Gasteiger charge is 2.18. The largest absolute Gasteiger partial charge is 0.497 e. The number of amides is 1. The maximum absolute atomic E-state index is 12.8. The van der Waals surface area contributed by atoms with Crippen LogP contribution in [0.2, 0.25) is 0 Å². The van der Waals surface area contributed by atoms with E-state index in [-0.39, 0.29) is 5.91 Å². The molecule has 0 radical (unpaired) electrons. The van der Waals surface area contributed by atoms with Crippen molar-refractivity contribution in [3.05, 3.63) is 47.5 Å². The number of ether oxygens (including phenoxy) is 4. The van der Waals surface area contributed by atoms with E-state index in [1.54, 1.807) is 19.2 Å². The van der Waals surface area contributed by atoms with Gasteiger partial charge < -0.3 is 18.9 Å². The highest BCUT2D eigenvalue weighted by atomic mass is 16.5. The molecule has 0 aliphatic heterocycles. The number of hydrogen-bond acceptors (Lipinski definition) is 6. The van der Waals surface area contributed by atoms with Crippen LogP contribution in [0.4, 0.5) is 0 Å². The standard InChI is InChI=1S/C23H30N2O5/c1-6-19(16-10-12-18(27-5)13-11-16)24-25-23(26)17-14-20(28-7-2)22(30-9-4)21(15-17)29-8-3/h10-15H,6-9H2,1-5H3,(H,25,26)/b24-19+. The second kappa shape index (κ2) is 11.7. The average molecular weight is 415 g/mol. The summed E-state index contributed by atoms with van der Waals surface area (Å²) in [7, 11) is 1.62. The molecule has 2 aromatic rings. The molecule has 0 saturated heterocycles. The van der Waals surface area contributed by atoms with Crippen LogP contribution in [-0.4, -0.2) is 38.5 Å². The molecular weight excluding hydrogens is 384 g/mol. The Morgan fingerprint density at radius 3 is 1.90 bits per heavy atom. The van der Waals surface area contributed by atoms with Crippen molar-refractivity contribution in [1.29, 1.82) is 0 Å². The summed E-state index contributed by atoms with van der Waals surface area (Å²) in [4.78, 5) is 12.8. The maximum Gasteiger partial charge on any atom is 0.271 e. The fraction of sp³-hybridized carbons (Fsp3) is 0.391. The van der Waals surface area contributed by atoms with Crippen LogP contribution in [0.5, 0.6) is 23.0 Å². The molecule has 0 heterocycles. The molecule has 1 N–H and O–H groups in total. The van der Waals surface area contributed by atoms with Crippen molar-refractivity contribution < 1.29 is 23.7 Å². The van der Waals surface area contributed by atoms with E-state index in [0.29, 0.717) is 49.1 Å². The van der Waals surface area contributed by atoms with Crippen LogP contribution in [0.3, 0.4) is 0 Å². The van der Waals surface area contributed by atoms with E-state index in [4.69, 9.17) is 18.9 Å². The van der Waals surface area contributed by atoms with Crippen molar-refractivity contribution in [3.63, 3.8) is 0 Å². The number of carbonyl (C=O) groups is 1. The first kappa shape index (κ1) is 23.1. The Morgan fingerprint density at radius 2 is 1.43 bits per heavy atom. The van der Waals surface area contributed by atoms with Crippen molar-refractivity contribution in [2.45, 2.75) is 34.1 Å².